The van der Waals surface area contributed by atoms with E-state index in [0.717, 1.165) is 4.90 Å². The van der Waals surface area contributed by atoms with Gasteiger partial charge in [0, 0.05) is 17.8 Å². The molecule has 0 spiro atoms. The fraction of sp³-hybridized carbons (Fsp3) is 0.333. The Balaban J connectivity index is 3.01. The van der Waals surface area contributed by atoms with Crippen molar-refractivity contribution < 1.29 is 19.4 Å². The maximum absolute atomic E-state index is 12.0. The van der Waals surface area contributed by atoms with Gasteiger partial charge in [-0.2, -0.15) is 0 Å². The third-order valence-electron chi connectivity index (χ3n) is 2.40. The molecule has 6 heteroatoms. The summed E-state index contributed by atoms with van der Waals surface area (Å²) >= 11 is 5.75. The lowest BCUT2D eigenvalue weighted by Crippen LogP contribution is -2.41. The minimum atomic E-state index is -1.10. The van der Waals surface area contributed by atoms with Crippen LogP contribution >= 0.6 is 11.6 Å². The maximum Gasteiger partial charge on any atom is 0.323 e. The van der Waals surface area contributed by atoms with Crippen LogP contribution < -0.4 is 4.90 Å². The van der Waals surface area contributed by atoms with Crippen LogP contribution in [0.3, 0.4) is 0 Å². The number of benzene rings is 1. The lowest BCUT2D eigenvalue weighted by Gasteiger charge is -2.23. The van der Waals surface area contributed by atoms with E-state index in [1.54, 1.807) is 31.2 Å². The van der Waals surface area contributed by atoms with Gasteiger partial charge in [-0.3, -0.25) is 14.5 Å². The molecule has 0 saturated heterocycles. The monoisotopic (exact) mass is 271 g/mol. The molecule has 0 aromatic heterocycles. The highest BCUT2D eigenvalue weighted by molar-refractivity contribution is 6.30. The van der Waals surface area contributed by atoms with Crippen molar-refractivity contribution in [3.05, 3.63) is 29.3 Å². The third kappa shape index (κ3) is 3.72. The third-order valence-corrected chi connectivity index (χ3v) is 2.65. The molecule has 1 rings (SSSR count). The molecule has 1 aromatic rings. The summed E-state index contributed by atoms with van der Waals surface area (Å²) in [5.41, 5.74) is 0.468. The fourth-order valence-corrected chi connectivity index (χ4v) is 1.50. The summed E-state index contributed by atoms with van der Waals surface area (Å²) in [5, 5.41) is 9.36. The molecule has 1 atom stereocenters. The molecular formula is C12H14ClNO4. The minimum Gasteiger partial charge on any atom is -0.480 e. The summed E-state index contributed by atoms with van der Waals surface area (Å²) < 4.78 is 4.91. The number of aliphatic carboxylic acids is 1. The zero-order valence-electron chi connectivity index (χ0n) is 10.1. The Morgan fingerprint density at radius 2 is 1.94 bits per heavy atom. The molecule has 0 radical (unpaired) electrons. The average Bonchev–Trinajstić information content (AvgIpc) is 2.35. The van der Waals surface area contributed by atoms with Gasteiger partial charge in [-0.05, 0) is 31.2 Å². The normalized spacial score (nSPS) is 11.9. The van der Waals surface area contributed by atoms with E-state index >= 15 is 0 Å². The summed E-state index contributed by atoms with van der Waals surface area (Å²) in [7, 11) is 1.39. The lowest BCUT2D eigenvalue weighted by atomic mass is 10.2. The first-order valence-electron chi connectivity index (χ1n) is 5.27. The van der Waals surface area contributed by atoms with Gasteiger partial charge in [0.1, 0.15) is 12.6 Å². The minimum absolute atomic E-state index is 0.415. The molecule has 0 fully saturated rings. The van der Waals surface area contributed by atoms with Gasteiger partial charge in [0.05, 0.1) is 0 Å². The highest BCUT2D eigenvalue weighted by Gasteiger charge is 2.23. The van der Waals surface area contributed by atoms with Crippen LogP contribution in [0.4, 0.5) is 5.69 Å². The number of carboxylic acids is 1. The highest BCUT2D eigenvalue weighted by Crippen LogP contribution is 2.19. The molecule has 0 saturated carbocycles. The lowest BCUT2D eigenvalue weighted by molar-refractivity contribution is -0.137. The Morgan fingerprint density at radius 3 is 2.39 bits per heavy atom. The van der Waals surface area contributed by atoms with Crippen LogP contribution in [0.1, 0.15) is 6.92 Å². The maximum atomic E-state index is 12.0. The number of halogens is 1. The predicted octanol–water partition coefficient (Wildman–Crippen LogP) is 1.79. The standard InChI is InChI=1S/C12H14ClNO4/c1-8(18-2)12(17)14(7-11(15)16)10-5-3-9(13)4-6-10/h3-6,8H,7H2,1-2H3,(H,15,16). The molecule has 98 valence electrons. The highest BCUT2D eigenvalue weighted by atomic mass is 35.5. The summed E-state index contributed by atoms with van der Waals surface area (Å²) in [6, 6.07) is 6.37. The molecule has 5 nitrogen and oxygen atoms in total. The average molecular weight is 272 g/mol. The SMILES string of the molecule is COC(C)C(=O)N(CC(=O)O)c1ccc(Cl)cc1. The predicted molar refractivity (Wildman–Crippen MR) is 67.9 cm³/mol. The van der Waals surface area contributed by atoms with Gasteiger partial charge in [-0.1, -0.05) is 11.6 Å². The number of methoxy groups -OCH3 is 1. The Hall–Kier alpha value is -1.59. The molecule has 1 amide bonds. The van der Waals surface area contributed by atoms with E-state index < -0.39 is 24.5 Å². The summed E-state index contributed by atoms with van der Waals surface area (Å²) in [6.07, 6.45) is -0.708. The number of hydrogen-bond acceptors (Lipinski definition) is 3. The number of amides is 1. The van der Waals surface area contributed by atoms with Gasteiger partial charge in [0.15, 0.2) is 0 Å². The molecule has 0 aliphatic rings. The van der Waals surface area contributed by atoms with Crippen molar-refractivity contribution >= 4 is 29.2 Å². The van der Waals surface area contributed by atoms with E-state index in [-0.39, 0.29) is 0 Å². The van der Waals surface area contributed by atoms with Crippen LogP contribution in [0.5, 0.6) is 0 Å². The van der Waals surface area contributed by atoms with Gasteiger partial charge < -0.3 is 9.84 Å². The number of hydrogen-bond donors (Lipinski definition) is 1. The number of rotatable bonds is 5. The van der Waals surface area contributed by atoms with Gasteiger partial charge in [0.2, 0.25) is 0 Å². The fourth-order valence-electron chi connectivity index (χ4n) is 1.37. The summed E-state index contributed by atoms with van der Waals surface area (Å²) in [6.45, 7) is 1.14. The van der Waals surface area contributed by atoms with Crippen LogP contribution in [0.2, 0.25) is 5.02 Å². The van der Waals surface area contributed by atoms with Crippen molar-refractivity contribution in [1.82, 2.24) is 0 Å². The van der Waals surface area contributed by atoms with Crippen LogP contribution in [0.15, 0.2) is 24.3 Å². The molecule has 0 aliphatic carbocycles. The number of nitrogens with zero attached hydrogens (tertiary/aromatic N) is 1. The van der Waals surface area contributed by atoms with Crippen molar-refractivity contribution in [1.29, 1.82) is 0 Å². The van der Waals surface area contributed by atoms with Crippen molar-refractivity contribution in [2.75, 3.05) is 18.6 Å². The number of carbonyl (C=O) groups excluding carboxylic acids is 1. The van der Waals surface area contributed by atoms with Crippen LogP contribution in [0, 0.1) is 0 Å². The zero-order chi connectivity index (χ0) is 13.7. The second kappa shape index (κ2) is 6.37. The van der Waals surface area contributed by atoms with E-state index in [2.05, 4.69) is 0 Å². The number of carboxylic acid groups (broad SMARTS) is 1. The van der Waals surface area contributed by atoms with E-state index in [1.165, 1.54) is 7.11 Å². The van der Waals surface area contributed by atoms with Crippen molar-refractivity contribution in [3.63, 3.8) is 0 Å². The number of carbonyl (C=O) groups is 2. The van der Waals surface area contributed by atoms with Gasteiger partial charge in [-0.15, -0.1) is 0 Å². The van der Waals surface area contributed by atoms with E-state index in [0.29, 0.717) is 10.7 Å². The number of anilines is 1. The van der Waals surface area contributed by atoms with Gasteiger partial charge in [-0.25, -0.2) is 0 Å². The second-order valence-corrected chi connectivity index (χ2v) is 4.11. The first-order chi connectivity index (χ1) is 8.45. The Morgan fingerprint density at radius 1 is 1.39 bits per heavy atom. The molecule has 0 bridgehead atoms. The second-order valence-electron chi connectivity index (χ2n) is 3.67. The Labute approximate surface area is 110 Å². The molecule has 1 aromatic carbocycles. The van der Waals surface area contributed by atoms with Gasteiger partial charge >= 0.3 is 5.97 Å². The quantitative estimate of drug-likeness (QED) is 0.887. The van der Waals surface area contributed by atoms with Crippen LogP contribution in [-0.2, 0) is 14.3 Å². The van der Waals surface area contributed by atoms with Crippen LogP contribution in [-0.4, -0.2) is 36.7 Å². The molecule has 1 unspecified atom stereocenters. The van der Waals surface area contributed by atoms with Crippen molar-refractivity contribution in [3.8, 4) is 0 Å². The molecule has 18 heavy (non-hydrogen) atoms. The Kier molecular flexibility index (Phi) is 5.12. The Bertz CT molecular complexity index is 432. The molecule has 0 aliphatic heterocycles. The largest absolute Gasteiger partial charge is 0.480 e. The first kappa shape index (κ1) is 14.5. The van der Waals surface area contributed by atoms with Crippen LogP contribution in [0.25, 0.3) is 0 Å². The van der Waals surface area contributed by atoms with Crippen molar-refractivity contribution in [2.45, 2.75) is 13.0 Å². The molecular weight excluding hydrogens is 258 g/mol. The smallest absolute Gasteiger partial charge is 0.323 e. The molecule has 1 N–H and O–H groups in total. The zero-order valence-corrected chi connectivity index (χ0v) is 10.8. The first-order valence-corrected chi connectivity index (χ1v) is 5.65. The summed E-state index contributed by atoms with van der Waals surface area (Å²) in [5.74, 6) is -1.51. The molecule has 0 heterocycles. The van der Waals surface area contributed by atoms with Gasteiger partial charge in [0.25, 0.3) is 5.91 Å². The number of ether oxygens (including phenoxy) is 1. The summed E-state index contributed by atoms with van der Waals surface area (Å²) in [4.78, 5) is 23.9. The topological polar surface area (TPSA) is 66.8 Å². The van der Waals surface area contributed by atoms with E-state index in [4.69, 9.17) is 21.4 Å². The van der Waals surface area contributed by atoms with Crippen molar-refractivity contribution in [2.24, 2.45) is 0 Å². The van der Waals surface area contributed by atoms with E-state index in [1.807, 2.05) is 0 Å². The van der Waals surface area contributed by atoms with E-state index in [9.17, 15) is 9.59 Å².